The molecule has 0 aliphatic heterocycles. The molecule has 0 bridgehead atoms. The van der Waals surface area contributed by atoms with Crippen molar-refractivity contribution < 1.29 is 28.6 Å². The highest BCUT2D eigenvalue weighted by atomic mass is 35.5. The van der Waals surface area contributed by atoms with Crippen LogP contribution in [0.25, 0.3) is 11.3 Å². The summed E-state index contributed by atoms with van der Waals surface area (Å²) in [6, 6.07) is 12.5. The molecule has 2 aromatic carbocycles. The highest BCUT2D eigenvalue weighted by Crippen LogP contribution is 2.49. The molecule has 1 aliphatic rings. The monoisotopic (exact) mass is 552 g/mol. The molecule has 0 spiro atoms. The molecule has 1 N–H and O–H groups in total. The number of pyridine rings is 1. The van der Waals surface area contributed by atoms with E-state index in [4.69, 9.17) is 30.9 Å². The third-order valence-electron chi connectivity index (χ3n) is 6.78. The van der Waals surface area contributed by atoms with Gasteiger partial charge in [-0.1, -0.05) is 16.4 Å². The van der Waals surface area contributed by atoms with Gasteiger partial charge in [0.1, 0.15) is 29.2 Å². The maximum Gasteiger partial charge on any atom is 0.199 e. The van der Waals surface area contributed by atoms with E-state index in [9.17, 15) is 14.3 Å². The summed E-state index contributed by atoms with van der Waals surface area (Å²) in [5, 5.41) is 15.7. The minimum Gasteiger partial charge on any atom is -0.494 e. The summed E-state index contributed by atoms with van der Waals surface area (Å²) >= 11 is 6.00. The molecule has 202 valence electrons. The van der Waals surface area contributed by atoms with E-state index in [0.29, 0.717) is 39.8 Å². The molecule has 1 atom stereocenters. The quantitative estimate of drug-likeness (QED) is 0.251. The lowest BCUT2D eigenvalue weighted by atomic mass is 9.86. The molecule has 2 aromatic heterocycles. The number of carbonyl (C=O) groups excluding carboxylic acids is 1. The van der Waals surface area contributed by atoms with Gasteiger partial charge in [0.2, 0.25) is 0 Å². The maximum absolute atomic E-state index is 13.8. The van der Waals surface area contributed by atoms with Gasteiger partial charge in [0.05, 0.1) is 24.9 Å². The van der Waals surface area contributed by atoms with Crippen LogP contribution in [0.4, 0.5) is 4.39 Å². The van der Waals surface area contributed by atoms with Gasteiger partial charge in [-0.05, 0) is 73.7 Å². The van der Waals surface area contributed by atoms with Crippen LogP contribution in [0.2, 0.25) is 5.02 Å². The second-order valence-corrected chi connectivity index (χ2v) is 9.66. The van der Waals surface area contributed by atoms with Crippen LogP contribution in [0.5, 0.6) is 17.2 Å². The first-order valence-corrected chi connectivity index (χ1v) is 12.7. The Bertz CT molecular complexity index is 1500. The van der Waals surface area contributed by atoms with Crippen molar-refractivity contribution in [3.8, 4) is 28.5 Å². The lowest BCUT2D eigenvalue weighted by Gasteiger charge is -2.28. The Morgan fingerprint density at radius 2 is 1.87 bits per heavy atom. The Kier molecular flexibility index (Phi) is 7.49. The summed E-state index contributed by atoms with van der Waals surface area (Å²) in [5.41, 5.74) is 0.480. The van der Waals surface area contributed by atoms with Crippen molar-refractivity contribution in [3.05, 3.63) is 83.3 Å². The van der Waals surface area contributed by atoms with Crippen LogP contribution in [0.3, 0.4) is 0 Å². The zero-order chi connectivity index (χ0) is 27.6. The fraction of sp³-hybridized carbons (Fsp3) is 0.286. The molecule has 1 fully saturated rings. The zero-order valence-electron chi connectivity index (χ0n) is 21.3. The molecule has 0 saturated heterocycles. The molecule has 1 aliphatic carbocycles. The number of rotatable bonds is 11. The number of Topliss-reactive ketones (excluding diaryl/α,β-unsaturated/α-hetero) is 1. The first-order chi connectivity index (χ1) is 18.8. The summed E-state index contributed by atoms with van der Waals surface area (Å²) < 4.78 is 24.6. The van der Waals surface area contributed by atoms with E-state index in [1.54, 1.807) is 36.4 Å². The minimum atomic E-state index is -1.33. The molecule has 9 nitrogen and oxygen atoms in total. The molecule has 1 unspecified atom stereocenters. The molecule has 0 amide bonds. The third-order valence-corrected chi connectivity index (χ3v) is 7.07. The number of methoxy groups -OCH3 is 2. The van der Waals surface area contributed by atoms with Crippen molar-refractivity contribution in [1.29, 1.82) is 0 Å². The van der Waals surface area contributed by atoms with Crippen LogP contribution in [0.1, 0.15) is 41.7 Å². The van der Waals surface area contributed by atoms with E-state index >= 15 is 0 Å². The molecular formula is C28H26ClFN4O5. The van der Waals surface area contributed by atoms with Gasteiger partial charge >= 0.3 is 0 Å². The van der Waals surface area contributed by atoms with E-state index < -0.39 is 11.4 Å². The number of halogens is 2. The molecule has 1 saturated carbocycles. The van der Waals surface area contributed by atoms with E-state index in [-0.39, 0.29) is 29.6 Å². The fourth-order valence-corrected chi connectivity index (χ4v) is 4.70. The molecule has 2 heterocycles. The van der Waals surface area contributed by atoms with Crippen LogP contribution >= 0.6 is 11.6 Å². The minimum absolute atomic E-state index is 0.0381. The topological polar surface area (TPSA) is 109 Å². The van der Waals surface area contributed by atoms with E-state index in [1.807, 2.05) is 0 Å². The van der Waals surface area contributed by atoms with Gasteiger partial charge < -0.3 is 19.4 Å². The molecule has 39 heavy (non-hydrogen) atoms. The number of nitrogens with zero attached hydrogens (tertiary/aromatic N) is 4. The van der Waals surface area contributed by atoms with Crippen LogP contribution < -0.4 is 14.3 Å². The van der Waals surface area contributed by atoms with Gasteiger partial charge in [-0.25, -0.2) is 14.4 Å². The van der Waals surface area contributed by atoms with E-state index in [1.165, 1.54) is 43.9 Å². The third kappa shape index (κ3) is 5.57. The van der Waals surface area contributed by atoms with Crippen LogP contribution in [0.15, 0.2) is 61.2 Å². The molecule has 11 heteroatoms. The average Bonchev–Trinajstić information content (AvgIpc) is 3.70. The van der Waals surface area contributed by atoms with Crippen molar-refractivity contribution in [2.45, 2.75) is 31.3 Å². The van der Waals surface area contributed by atoms with Gasteiger partial charge in [-0.15, -0.1) is 5.10 Å². The number of aliphatic hydroxyl groups is 1. The van der Waals surface area contributed by atoms with Crippen LogP contribution in [-0.4, -0.2) is 45.0 Å². The summed E-state index contributed by atoms with van der Waals surface area (Å²) in [6.45, 7) is 0. The summed E-state index contributed by atoms with van der Waals surface area (Å²) in [7, 11) is 2.98. The number of ketones is 1. The van der Waals surface area contributed by atoms with Crippen molar-refractivity contribution in [1.82, 2.24) is 19.9 Å². The Hall–Kier alpha value is -4.02. The Morgan fingerprint density at radius 1 is 1.10 bits per heavy atom. The van der Waals surface area contributed by atoms with Gasteiger partial charge in [-0.3, -0.25) is 4.79 Å². The normalized spacial score (nSPS) is 14.5. The Balaban J connectivity index is 1.38. The second kappa shape index (κ2) is 11.0. The highest BCUT2D eigenvalue weighted by Gasteiger charge is 2.46. The van der Waals surface area contributed by atoms with E-state index in [2.05, 4.69) is 10.1 Å². The first-order valence-electron chi connectivity index (χ1n) is 12.3. The van der Waals surface area contributed by atoms with E-state index in [0.717, 1.165) is 12.8 Å². The van der Waals surface area contributed by atoms with Crippen molar-refractivity contribution in [2.24, 2.45) is 5.92 Å². The van der Waals surface area contributed by atoms with Crippen molar-refractivity contribution in [3.63, 3.8) is 0 Å². The fourth-order valence-electron chi connectivity index (χ4n) is 4.51. The van der Waals surface area contributed by atoms with Gasteiger partial charge in [0.25, 0.3) is 0 Å². The Morgan fingerprint density at radius 3 is 2.54 bits per heavy atom. The van der Waals surface area contributed by atoms with Crippen LogP contribution in [0, 0.1) is 11.7 Å². The lowest BCUT2D eigenvalue weighted by molar-refractivity contribution is -0.00110. The molecule has 4 aromatic rings. The number of aromatic nitrogens is 4. The summed E-state index contributed by atoms with van der Waals surface area (Å²) in [5.74, 6) is 0.426. The average molecular weight is 553 g/mol. The lowest BCUT2D eigenvalue weighted by Crippen LogP contribution is -2.30. The number of hydrogen-bond acceptors (Lipinski definition) is 8. The first kappa shape index (κ1) is 26.6. The molecular weight excluding hydrogens is 527 g/mol. The SMILES string of the molecule is COc1cc(C(=O)CCC(O)(c2ccc(OC)c(-c3ccc(F)c(Cl)c3)n2)C2CC2)ccc1On1cncn1. The Labute approximate surface area is 229 Å². The maximum atomic E-state index is 13.8. The predicted molar refractivity (Wildman–Crippen MR) is 140 cm³/mol. The highest BCUT2D eigenvalue weighted by molar-refractivity contribution is 6.31. The van der Waals surface area contributed by atoms with Gasteiger partial charge in [0.15, 0.2) is 23.6 Å². The number of ether oxygens (including phenoxy) is 2. The number of carbonyl (C=O) groups is 1. The number of hydrogen-bond donors (Lipinski definition) is 1. The largest absolute Gasteiger partial charge is 0.494 e. The van der Waals surface area contributed by atoms with Gasteiger partial charge in [0, 0.05) is 17.5 Å². The standard InChI is InChI=1S/C28H26ClFN4O5/c1-37-24-9-10-26(33-27(24)18-3-7-21(30)20(29)13-18)28(36,19-5-6-19)12-11-22(35)17-4-8-23(25(14-17)38-2)39-34-16-31-15-32-34/h3-4,7-10,13-16,19,36H,5-6,11-12H2,1-2H3. The molecule has 0 radical (unpaired) electrons. The van der Waals surface area contributed by atoms with Crippen molar-refractivity contribution in [2.75, 3.05) is 14.2 Å². The smallest absolute Gasteiger partial charge is 0.199 e. The zero-order valence-corrected chi connectivity index (χ0v) is 22.1. The second-order valence-electron chi connectivity index (χ2n) is 9.25. The summed E-state index contributed by atoms with van der Waals surface area (Å²) in [6.07, 6.45) is 4.60. The van der Waals surface area contributed by atoms with Gasteiger partial charge in [-0.2, -0.15) is 0 Å². The van der Waals surface area contributed by atoms with Crippen molar-refractivity contribution >= 4 is 17.4 Å². The molecule has 5 rings (SSSR count). The van der Waals surface area contributed by atoms with Crippen LogP contribution in [-0.2, 0) is 5.60 Å². The number of benzene rings is 2. The predicted octanol–water partition coefficient (Wildman–Crippen LogP) is 5.25. The summed E-state index contributed by atoms with van der Waals surface area (Å²) in [4.78, 5) is 28.5.